The van der Waals surface area contributed by atoms with E-state index in [2.05, 4.69) is 5.32 Å². The lowest BCUT2D eigenvalue weighted by Gasteiger charge is -2.10. The molecule has 3 rings (SSSR count). The highest BCUT2D eigenvalue weighted by Crippen LogP contribution is 2.21. The maximum atomic E-state index is 12.1. The second kappa shape index (κ2) is 4.90. The van der Waals surface area contributed by atoms with Crippen LogP contribution in [0.15, 0.2) is 41.2 Å². The van der Waals surface area contributed by atoms with E-state index < -0.39 is 11.5 Å². The highest BCUT2D eigenvalue weighted by atomic mass is 16.2. The van der Waals surface area contributed by atoms with Crippen LogP contribution in [0.3, 0.4) is 0 Å². The summed E-state index contributed by atoms with van der Waals surface area (Å²) in [6, 6.07) is 9.92. The van der Waals surface area contributed by atoms with Crippen molar-refractivity contribution in [3.8, 4) is 0 Å². The zero-order valence-corrected chi connectivity index (χ0v) is 11.1. The predicted octanol–water partition coefficient (Wildman–Crippen LogP) is 0.943. The molecule has 0 unspecified atom stereocenters. The first-order valence-corrected chi connectivity index (χ1v) is 6.51. The molecule has 6 heteroatoms. The van der Waals surface area contributed by atoms with E-state index in [1.54, 1.807) is 30.3 Å². The lowest BCUT2D eigenvalue weighted by atomic mass is 10.1. The number of rotatable bonds is 2. The highest BCUT2D eigenvalue weighted by Gasteiger charge is 2.25. The normalized spacial score (nSPS) is 13.0. The van der Waals surface area contributed by atoms with Gasteiger partial charge in [-0.25, -0.2) is 4.68 Å². The average molecular weight is 283 g/mol. The van der Waals surface area contributed by atoms with Gasteiger partial charge >= 0.3 is 0 Å². The van der Waals surface area contributed by atoms with Crippen LogP contribution >= 0.6 is 0 Å². The highest BCUT2D eigenvalue weighted by molar-refractivity contribution is 6.05. The lowest BCUT2D eigenvalue weighted by molar-refractivity contribution is 0.0991. The van der Waals surface area contributed by atoms with Crippen LogP contribution in [0.1, 0.15) is 32.8 Å². The van der Waals surface area contributed by atoms with Crippen molar-refractivity contribution >= 4 is 17.4 Å². The molecular weight excluding hydrogens is 270 g/mol. The van der Waals surface area contributed by atoms with Crippen molar-refractivity contribution in [1.29, 1.82) is 0 Å². The smallest absolute Gasteiger partial charge is 0.292 e. The molecule has 2 aromatic rings. The van der Waals surface area contributed by atoms with Crippen molar-refractivity contribution in [3.05, 3.63) is 63.6 Å². The minimum Gasteiger partial charge on any atom is -0.336 e. The van der Waals surface area contributed by atoms with Gasteiger partial charge in [0.1, 0.15) is 5.69 Å². The largest absolute Gasteiger partial charge is 0.336 e. The number of benzene rings is 1. The fourth-order valence-corrected chi connectivity index (χ4v) is 2.41. The Morgan fingerprint density at radius 3 is 2.57 bits per heavy atom. The summed E-state index contributed by atoms with van der Waals surface area (Å²) in [5, 5.41) is 2.51. The summed E-state index contributed by atoms with van der Waals surface area (Å²) in [5.74, 6) is 5.22. The molecule has 1 heterocycles. The number of nitrogens with two attached hydrogens (primary N) is 1. The van der Waals surface area contributed by atoms with Crippen LogP contribution in [-0.2, 0) is 6.42 Å². The van der Waals surface area contributed by atoms with Crippen LogP contribution < -0.4 is 16.7 Å². The van der Waals surface area contributed by atoms with Gasteiger partial charge in [-0.05, 0) is 24.6 Å². The van der Waals surface area contributed by atoms with Crippen LogP contribution in [0.2, 0.25) is 0 Å². The summed E-state index contributed by atoms with van der Waals surface area (Å²) in [7, 11) is 0. The van der Waals surface area contributed by atoms with E-state index in [-0.39, 0.29) is 11.5 Å². The Bertz CT molecular complexity index is 794. The molecule has 3 N–H and O–H groups in total. The van der Waals surface area contributed by atoms with Crippen LogP contribution in [0.5, 0.6) is 0 Å². The molecule has 0 fully saturated rings. The second-order valence-corrected chi connectivity index (χ2v) is 4.84. The summed E-state index contributed by atoms with van der Waals surface area (Å²) in [5.41, 5.74) is 0.837. The number of carbonyl (C=O) groups is 2. The average Bonchev–Trinajstić information content (AvgIpc) is 2.87. The quantitative estimate of drug-likeness (QED) is 0.802. The number of nitrogen functional groups attached to an aromatic ring is 1. The third kappa shape index (κ3) is 2.20. The molecule has 1 aliphatic carbocycles. The molecule has 0 spiro atoms. The van der Waals surface area contributed by atoms with Gasteiger partial charge in [0.25, 0.3) is 11.5 Å². The molecule has 0 saturated carbocycles. The van der Waals surface area contributed by atoms with Gasteiger partial charge in [-0.1, -0.05) is 18.2 Å². The Morgan fingerprint density at radius 1 is 1.14 bits per heavy atom. The number of amides is 1. The van der Waals surface area contributed by atoms with Crippen molar-refractivity contribution < 1.29 is 9.59 Å². The van der Waals surface area contributed by atoms with E-state index in [1.807, 2.05) is 0 Å². The van der Waals surface area contributed by atoms with E-state index in [9.17, 15) is 14.4 Å². The number of Topliss-reactive ketones (excluding diaryl/α,β-unsaturated/α-hetero) is 1. The van der Waals surface area contributed by atoms with Crippen LogP contribution in [0.4, 0.5) is 5.69 Å². The number of pyridine rings is 1. The molecule has 106 valence electrons. The number of carbonyl (C=O) groups excluding carboxylic acids is 2. The first-order chi connectivity index (χ1) is 10.1. The first kappa shape index (κ1) is 13.1. The number of aromatic nitrogens is 1. The lowest BCUT2D eigenvalue weighted by Crippen LogP contribution is -2.33. The van der Waals surface area contributed by atoms with E-state index in [0.717, 1.165) is 4.68 Å². The first-order valence-electron chi connectivity index (χ1n) is 6.51. The third-order valence-electron chi connectivity index (χ3n) is 3.51. The summed E-state index contributed by atoms with van der Waals surface area (Å²) in [6.07, 6.45) is 0.787. The summed E-state index contributed by atoms with van der Waals surface area (Å²) < 4.78 is 0.945. The minimum atomic E-state index is -0.521. The summed E-state index contributed by atoms with van der Waals surface area (Å²) in [6.45, 7) is 0. The summed E-state index contributed by atoms with van der Waals surface area (Å²) >= 11 is 0. The van der Waals surface area contributed by atoms with Gasteiger partial charge in [0.05, 0.1) is 5.69 Å². The molecule has 1 aromatic heterocycles. The minimum absolute atomic E-state index is 0.0142. The van der Waals surface area contributed by atoms with E-state index in [4.69, 9.17) is 5.84 Å². The Hall–Kier alpha value is -2.89. The monoisotopic (exact) mass is 283 g/mol. The molecule has 1 amide bonds. The molecule has 6 nitrogen and oxygen atoms in total. The number of fused-ring (bicyclic) bond motifs is 1. The number of nitrogens with one attached hydrogen (secondary N) is 1. The molecule has 0 atom stereocenters. The van der Waals surface area contributed by atoms with Gasteiger partial charge in [-0.2, -0.15) is 0 Å². The molecule has 21 heavy (non-hydrogen) atoms. The second-order valence-electron chi connectivity index (χ2n) is 4.84. The maximum absolute atomic E-state index is 12.1. The maximum Gasteiger partial charge on any atom is 0.292 e. The topological polar surface area (TPSA) is 94.2 Å². The number of hydrogen-bond acceptors (Lipinski definition) is 4. The van der Waals surface area contributed by atoms with Crippen LogP contribution in [0, 0.1) is 0 Å². The van der Waals surface area contributed by atoms with Crippen molar-refractivity contribution in [2.24, 2.45) is 0 Å². The Kier molecular flexibility index (Phi) is 3.06. The number of ketones is 1. The zero-order chi connectivity index (χ0) is 15.0. The Morgan fingerprint density at radius 2 is 1.86 bits per heavy atom. The fraction of sp³-hybridized carbons (Fsp3) is 0.133. The molecule has 0 radical (unpaired) electrons. The van der Waals surface area contributed by atoms with Crippen molar-refractivity contribution in [2.45, 2.75) is 12.8 Å². The molecule has 1 aliphatic rings. The van der Waals surface area contributed by atoms with Crippen molar-refractivity contribution in [3.63, 3.8) is 0 Å². The molecule has 0 bridgehead atoms. The molecule has 0 saturated heterocycles. The van der Waals surface area contributed by atoms with Gasteiger partial charge in [-0.15, -0.1) is 0 Å². The van der Waals surface area contributed by atoms with Crippen LogP contribution in [0.25, 0.3) is 0 Å². The molecular formula is C15H13N3O3. The van der Waals surface area contributed by atoms with E-state index in [1.165, 1.54) is 6.07 Å². The fourth-order valence-electron chi connectivity index (χ4n) is 2.41. The SMILES string of the molecule is Nn1c2c(cc(NC(=O)c3ccccc3)c1=O)C(=O)CC2. The van der Waals surface area contributed by atoms with Crippen LogP contribution in [-0.4, -0.2) is 16.4 Å². The number of anilines is 1. The van der Waals surface area contributed by atoms with Gasteiger partial charge < -0.3 is 11.2 Å². The number of nitrogens with zero attached hydrogens (tertiary/aromatic N) is 1. The molecule has 0 aliphatic heterocycles. The standard InChI is InChI=1S/C15H13N3O3/c16-18-12-6-7-13(19)10(12)8-11(15(18)21)17-14(20)9-4-2-1-3-5-9/h1-5,8H,6-7,16H2,(H,17,20). The van der Waals surface area contributed by atoms with Gasteiger partial charge in [-0.3, -0.25) is 14.4 Å². The molecule has 1 aromatic carbocycles. The number of hydrogen-bond donors (Lipinski definition) is 2. The van der Waals surface area contributed by atoms with Gasteiger partial charge in [0.15, 0.2) is 5.78 Å². The Labute approximate surface area is 120 Å². The van der Waals surface area contributed by atoms with Gasteiger partial charge in [0, 0.05) is 17.5 Å². The Balaban J connectivity index is 1.99. The third-order valence-corrected chi connectivity index (χ3v) is 3.51. The van der Waals surface area contributed by atoms with Crippen molar-refractivity contribution in [2.75, 3.05) is 11.2 Å². The van der Waals surface area contributed by atoms with Crippen molar-refractivity contribution in [1.82, 2.24) is 4.68 Å². The predicted molar refractivity (Wildman–Crippen MR) is 77.9 cm³/mol. The zero-order valence-electron chi connectivity index (χ0n) is 11.1. The summed E-state index contributed by atoms with van der Waals surface area (Å²) in [4.78, 5) is 35.9. The van der Waals surface area contributed by atoms with E-state index >= 15 is 0 Å². The van der Waals surface area contributed by atoms with Gasteiger partial charge in [0.2, 0.25) is 0 Å². The van der Waals surface area contributed by atoms with E-state index in [0.29, 0.717) is 29.7 Å².